The molecule has 0 aliphatic heterocycles. The van der Waals surface area contributed by atoms with E-state index in [0.717, 1.165) is 47.3 Å². The van der Waals surface area contributed by atoms with Crippen molar-refractivity contribution >= 4 is 44.1 Å². The summed E-state index contributed by atoms with van der Waals surface area (Å²) in [6, 6.07) is 6.19. The number of rotatable bonds is 5. The van der Waals surface area contributed by atoms with Gasteiger partial charge in [-0.05, 0) is 36.6 Å². The lowest BCUT2D eigenvalue weighted by atomic mass is 10.1. The van der Waals surface area contributed by atoms with E-state index in [9.17, 15) is 0 Å². The zero-order valence-corrected chi connectivity index (χ0v) is 14.6. The molecule has 0 aliphatic carbocycles. The van der Waals surface area contributed by atoms with Crippen molar-refractivity contribution in [1.82, 2.24) is 19.9 Å². The van der Waals surface area contributed by atoms with E-state index >= 15 is 0 Å². The zero-order chi connectivity index (χ0) is 16.5. The van der Waals surface area contributed by atoms with Crippen LogP contribution in [-0.2, 0) is 12.8 Å². The summed E-state index contributed by atoms with van der Waals surface area (Å²) in [4.78, 5) is 16.7. The number of nitrogens with one attached hydrogen (secondary N) is 2. The molecule has 3 heterocycles. The van der Waals surface area contributed by atoms with Crippen molar-refractivity contribution in [3.05, 3.63) is 41.3 Å². The zero-order valence-electron chi connectivity index (χ0n) is 13.8. The number of benzene rings is 1. The number of aromatic amines is 1. The summed E-state index contributed by atoms with van der Waals surface area (Å²) in [5, 5.41) is 4.57. The number of hydrogen-bond donors (Lipinski definition) is 2. The lowest BCUT2D eigenvalue weighted by Crippen LogP contribution is -1.96. The predicted molar refractivity (Wildman–Crippen MR) is 100 cm³/mol. The molecule has 0 spiro atoms. The van der Waals surface area contributed by atoms with Gasteiger partial charge in [-0.3, -0.25) is 0 Å². The summed E-state index contributed by atoms with van der Waals surface area (Å²) in [6.07, 6.45) is 4.72. The van der Waals surface area contributed by atoms with E-state index in [1.165, 1.54) is 16.0 Å². The monoisotopic (exact) mass is 337 g/mol. The molecule has 0 atom stereocenters. The van der Waals surface area contributed by atoms with Crippen LogP contribution in [0.3, 0.4) is 0 Å². The van der Waals surface area contributed by atoms with Crippen LogP contribution in [0.4, 0.5) is 11.5 Å². The van der Waals surface area contributed by atoms with Crippen molar-refractivity contribution < 1.29 is 0 Å². The van der Waals surface area contributed by atoms with E-state index in [4.69, 9.17) is 0 Å². The van der Waals surface area contributed by atoms with Gasteiger partial charge in [-0.25, -0.2) is 15.0 Å². The van der Waals surface area contributed by atoms with Crippen LogP contribution in [-0.4, -0.2) is 19.9 Å². The summed E-state index contributed by atoms with van der Waals surface area (Å²) in [5.41, 5.74) is 7.42. The van der Waals surface area contributed by atoms with Gasteiger partial charge in [0.1, 0.15) is 17.8 Å². The van der Waals surface area contributed by atoms with E-state index in [1.807, 2.05) is 17.6 Å². The van der Waals surface area contributed by atoms with Crippen molar-refractivity contribution in [3.63, 3.8) is 0 Å². The third kappa shape index (κ3) is 2.53. The van der Waals surface area contributed by atoms with Crippen LogP contribution in [0.2, 0.25) is 0 Å². The minimum atomic E-state index is 0.860. The average Bonchev–Trinajstić information content (AvgIpc) is 3.19. The molecular weight excluding hydrogens is 318 g/mol. The molecule has 4 rings (SSSR count). The Morgan fingerprint density at radius 3 is 2.92 bits per heavy atom. The molecule has 6 heteroatoms. The topological polar surface area (TPSA) is 66.5 Å². The van der Waals surface area contributed by atoms with Gasteiger partial charge in [0.05, 0.1) is 21.1 Å². The van der Waals surface area contributed by atoms with E-state index in [0.29, 0.717) is 0 Å². The first-order chi connectivity index (χ1) is 11.8. The molecular formula is C18H19N5S. The first-order valence-corrected chi connectivity index (χ1v) is 9.12. The van der Waals surface area contributed by atoms with Gasteiger partial charge in [-0.15, -0.1) is 11.3 Å². The average molecular weight is 337 g/mol. The van der Waals surface area contributed by atoms with E-state index in [-0.39, 0.29) is 0 Å². The summed E-state index contributed by atoms with van der Waals surface area (Å²) in [6.45, 7) is 4.38. The molecule has 0 unspecified atom stereocenters. The molecule has 2 N–H and O–H groups in total. The number of aromatic nitrogens is 4. The van der Waals surface area contributed by atoms with Crippen molar-refractivity contribution in [1.29, 1.82) is 0 Å². The maximum Gasteiger partial charge on any atom is 0.143 e. The number of hydrogen-bond acceptors (Lipinski definition) is 5. The predicted octanol–water partition coefficient (Wildman–Crippen LogP) is 4.83. The number of nitrogens with zero attached hydrogens (tertiary/aromatic N) is 3. The number of fused-ring (bicyclic) bond motifs is 2. The lowest BCUT2D eigenvalue weighted by Gasteiger charge is -2.08. The molecule has 0 saturated carbocycles. The third-order valence-electron chi connectivity index (χ3n) is 4.23. The Morgan fingerprint density at radius 2 is 2.08 bits per heavy atom. The first kappa shape index (κ1) is 15.1. The van der Waals surface area contributed by atoms with Gasteiger partial charge in [-0.2, -0.15) is 0 Å². The fourth-order valence-electron chi connectivity index (χ4n) is 3.15. The van der Waals surface area contributed by atoms with Crippen molar-refractivity contribution in [2.75, 3.05) is 5.32 Å². The number of thiazole rings is 1. The number of anilines is 2. The largest absolute Gasteiger partial charge is 0.343 e. The molecule has 24 heavy (non-hydrogen) atoms. The SMILES string of the molecule is CCCc1[nH]c2ncnc(Nc3ccc4ncsc4c3)c2c1CC. The molecule has 0 bridgehead atoms. The van der Waals surface area contributed by atoms with Crippen molar-refractivity contribution in [2.24, 2.45) is 0 Å². The molecule has 0 radical (unpaired) electrons. The van der Waals surface area contributed by atoms with Gasteiger partial charge in [-0.1, -0.05) is 20.3 Å². The second-order valence-corrected chi connectivity index (χ2v) is 6.68. The second-order valence-electron chi connectivity index (χ2n) is 5.79. The van der Waals surface area contributed by atoms with Crippen molar-refractivity contribution in [2.45, 2.75) is 33.1 Å². The Bertz CT molecular complexity index is 1000. The summed E-state index contributed by atoms with van der Waals surface area (Å²) >= 11 is 1.64. The summed E-state index contributed by atoms with van der Waals surface area (Å²) < 4.78 is 1.17. The van der Waals surface area contributed by atoms with Gasteiger partial charge >= 0.3 is 0 Å². The normalized spacial score (nSPS) is 11.4. The molecule has 5 nitrogen and oxygen atoms in total. The highest BCUT2D eigenvalue weighted by Crippen LogP contribution is 2.31. The van der Waals surface area contributed by atoms with Crippen molar-refractivity contribution in [3.8, 4) is 0 Å². The summed E-state index contributed by atoms with van der Waals surface area (Å²) in [7, 11) is 0. The second kappa shape index (κ2) is 6.20. The maximum atomic E-state index is 4.50. The fourth-order valence-corrected chi connectivity index (χ4v) is 3.87. The lowest BCUT2D eigenvalue weighted by molar-refractivity contribution is 0.876. The van der Waals surface area contributed by atoms with Gasteiger partial charge in [0, 0.05) is 11.4 Å². The molecule has 4 aromatic rings. The van der Waals surface area contributed by atoms with Gasteiger partial charge in [0.15, 0.2) is 0 Å². The van der Waals surface area contributed by atoms with E-state index in [2.05, 4.69) is 45.2 Å². The minimum absolute atomic E-state index is 0.860. The van der Waals surface area contributed by atoms with Gasteiger partial charge in [0.25, 0.3) is 0 Å². The molecule has 0 aliphatic rings. The Kier molecular flexibility index (Phi) is 3.90. The Morgan fingerprint density at radius 1 is 1.17 bits per heavy atom. The molecule has 0 amide bonds. The van der Waals surface area contributed by atoms with E-state index in [1.54, 1.807) is 17.7 Å². The minimum Gasteiger partial charge on any atom is -0.343 e. The third-order valence-corrected chi connectivity index (χ3v) is 5.02. The Hall–Kier alpha value is -2.47. The van der Waals surface area contributed by atoms with Crippen LogP contribution in [0.1, 0.15) is 31.5 Å². The quantitative estimate of drug-likeness (QED) is 0.547. The highest BCUT2D eigenvalue weighted by atomic mass is 32.1. The number of aryl methyl sites for hydroxylation is 2. The number of H-pyrrole nitrogens is 1. The van der Waals surface area contributed by atoms with Gasteiger partial charge in [0.2, 0.25) is 0 Å². The smallest absolute Gasteiger partial charge is 0.143 e. The van der Waals surface area contributed by atoms with Crippen LogP contribution in [0, 0.1) is 0 Å². The fraction of sp³-hybridized carbons (Fsp3) is 0.278. The molecule has 1 aromatic carbocycles. The van der Waals surface area contributed by atoms with Crippen LogP contribution in [0.15, 0.2) is 30.0 Å². The molecule has 3 aromatic heterocycles. The van der Waals surface area contributed by atoms with Gasteiger partial charge < -0.3 is 10.3 Å². The van der Waals surface area contributed by atoms with Crippen LogP contribution in [0.25, 0.3) is 21.3 Å². The highest BCUT2D eigenvalue weighted by Gasteiger charge is 2.15. The Balaban J connectivity index is 1.80. The van der Waals surface area contributed by atoms with E-state index < -0.39 is 0 Å². The van der Waals surface area contributed by atoms with Crippen LogP contribution < -0.4 is 5.32 Å². The molecule has 0 saturated heterocycles. The first-order valence-electron chi connectivity index (χ1n) is 8.24. The standard InChI is InChI=1S/C18H19N5S/c1-3-5-13-12(4-2)16-17(19-9-20-18(16)23-13)22-11-6-7-14-15(8-11)24-10-21-14/h6-10H,3-5H2,1-2H3,(H2,19,20,22,23). The van der Waals surface area contributed by atoms with Crippen LogP contribution >= 0.6 is 11.3 Å². The van der Waals surface area contributed by atoms with Crippen LogP contribution in [0.5, 0.6) is 0 Å². The molecule has 0 fully saturated rings. The molecule has 122 valence electrons. The summed E-state index contributed by atoms with van der Waals surface area (Å²) in [5.74, 6) is 0.860. The highest BCUT2D eigenvalue weighted by molar-refractivity contribution is 7.16. The Labute approximate surface area is 144 Å². The maximum absolute atomic E-state index is 4.50.